The maximum atomic E-state index is 10.5. The molecule has 0 aliphatic carbocycles. The van der Waals surface area contributed by atoms with Gasteiger partial charge in [-0.25, -0.2) is 0 Å². The maximum Gasteiger partial charge on any atom is 0.305 e. The highest BCUT2D eigenvalue weighted by atomic mass is 16.4. The van der Waals surface area contributed by atoms with Crippen LogP contribution >= 0.6 is 0 Å². The van der Waals surface area contributed by atoms with Crippen LogP contribution in [0, 0.1) is 0 Å². The zero-order chi connectivity index (χ0) is 17.9. The molecule has 0 aliphatic heterocycles. The van der Waals surface area contributed by atoms with E-state index >= 15 is 0 Å². The van der Waals surface area contributed by atoms with Crippen molar-refractivity contribution in [1.82, 2.24) is 19.7 Å². The fourth-order valence-electron chi connectivity index (χ4n) is 2.09. The highest BCUT2D eigenvalue weighted by Crippen LogP contribution is 2.18. The zero-order valence-electron chi connectivity index (χ0n) is 13.7. The summed E-state index contributed by atoms with van der Waals surface area (Å²) in [6.07, 6.45) is 5.55. The molecule has 8 nitrogen and oxygen atoms in total. The Labute approximate surface area is 140 Å². The lowest BCUT2D eigenvalue weighted by atomic mass is 10.2. The first-order valence-electron chi connectivity index (χ1n) is 7.40. The van der Waals surface area contributed by atoms with Crippen molar-refractivity contribution in [3.63, 3.8) is 0 Å². The number of carbonyl (C=O) groups is 2. The Morgan fingerprint density at radius 3 is 2.75 bits per heavy atom. The van der Waals surface area contributed by atoms with Crippen molar-refractivity contribution in [2.45, 2.75) is 32.5 Å². The van der Waals surface area contributed by atoms with Crippen molar-refractivity contribution < 1.29 is 19.8 Å². The van der Waals surface area contributed by atoms with E-state index in [0.29, 0.717) is 6.54 Å². The van der Waals surface area contributed by atoms with Gasteiger partial charge in [0, 0.05) is 30.5 Å². The molecule has 0 saturated heterocycles. The molecule has 1 atom stereocenters. The Kier molecular flexibility index (Phi) is 8.14. The Morgan fingerprint density at radius 2 is 2.17 bits per heavy atom. The van der Waals surface area contributed by atoms with Gasteiger partial charge in [-0.1, -0.05) is 6.07 Å². The minimum absolute atomic E-state index is 0.0846. The highest BCUT2D eigenvalue weighted by molar-refractivity contribution is 5.66. The Balaban J connectivity index is 0.000000891. The van der Waals surface area contributed by atoms with Gasteiger partial charge in [0.15, 0.2) is 0 Å². The van der Waals surface area contributed by atoms with Crippen LogP contribution in [0.15, 0.2) is 36.8 Å². The lowest BCUT2D eigenvalue weighted by Crippen LogP contribution is -2.22. The van der Waals surface area contributed by atoms with Crippen LogP contribution in [-0.2, 0) is 22.7 Å². The standard InChI is InChI=1S/C15H20N4O2.CH2O2/c1-12(14-5-3-4-7-16-14)18(2)10-13-9-17-19(11-13)8-6-15(20)21;2-1-3/h3-5,7,9,11-12H,6,8,10H2,1-2H3,(H,20,21);1H,(H,2,3). The lowest BCUT2D eigenvalue weighted by Gasteiger charge is -2.23. The number of carboxylic acid groups (broad SMARTS) is 2. The second kappa shape index (κ2) is 10.1. The number of aromatic nitrogens is 3. The smallest absolute Gasteiger partial charge is 0.305 e. The summed E-state index contributed by atoms with van der Waals surface area (Å²) in [5, 5.41) is 19.7. The van der Waals surface area contributed by atoms with Crippen molar-refractivity contribution in [3.8, 4) is 0 Å². The van der Waals surface area contributed by atoms with Crippen molar-refractivity contribution in [3.05, 3.63) is 48.0 Å². The fourth-order valence-corrected chi connectivity index (χ4v) is 2.09. The lowest BCUT2D eigenvalue weighted by molar-refractivity contribution is -0.137. The molecular formula is C16H22N4O4. The molecule has 0 fully saturated rings. The van der Waals surface area contributed by atoms with Crippen molar-refractivity contribution >= 4 is 12.4 Å². The van der Waals surface area contributed by atoms with Crippen LogP contribution < -0.4 is 0 Å². The monoisotopic (exact) mass is 334 g/mol. The molecule has 2 aromatic heterocycles. The SMILES string of the molecule is CC(c1ccccn1)N(C)Cc1cnn(CCC(=O)O)c1.O=CO. The molecule has 2 heterocycles. The number of aliphatic carboxylic acids is 1. The van der Waals surface area contributed by atoms with Gasteiger partial charge >= 0.3 is 5.97 Å². The molecule has 0 bridgehead atoms. The van der Waals surface area contributed by atoms with Crippen LogP contribution in [-0.4, -0.2) is 49.4 Å². The van der Waals surface area contributed by atoms with Gasteiger partial charge in [-0.3, -0.25) is 24.2 Å². The second-order valence-electron chi connectivity index (χ2n) is 5.21. The summed E-state index contributed by atoms with van der Waals surface area (Å²) in [5.41, 5.74) is 2.09. The molecule has 0 amide bonds. The van der Waals surface area contributed by atoms with E-state index < -0.39 is 5.97 Å². The molecule has 2 N–H and O–H groups in total. The predicted molar refractivity (Wildman–Crippen MR) is 87.3 cm³/mol. The van der Waals surface area contributed by atoms with Crippen molar-refractivity contribution in [1.29, 1.82) is 0 Å². The fraction of sp³-hybridized carbons (Fsp3) is 0.375. The van der Waals surface area contributed by atoms with Gasteiger partial charge in [0.05, 0.1) is 24.9 Å². The molecule has 8 heteroatoms. The molecule has 0 saturated carbocycles. The van der Waals surface area contributed by atoms with Crippen LogP contribution in [0.2, 0.25) is 0 Å². The number of hydrogen-bond acceptors (Lipinski definition) is 5. The third-order valence-corrected chi connectivity index (χ3v) is 3.45. The second-order valence-corrected chi connectivity index (χ2v) is 5.21. The average molecular weight is 334 g/mol. The van der Waals surface area contributed by atoms with Crippen LogP contribution in [0.3, 0.4) is 0 Å². The number of aryl methyl sites for hydroxylation is 1. The summed E-state index contributed by atoms with van der Waals surface area (Å²) in [7, 11) is 2.04. The van der Waals surface area contributed by atoms with E-state index in [9.17, 15) is 4.79 Å². The molecule has 24 heavy (non-hydrogen) atoms. The summed E-state index contributed by atoms with van der Waals surface area (Å²) in [6, 6.07) is 6.10. The van der Waals surface area contributed by atoms with Gasteiger partial charge in [0.2, 0.25) is 0 Å². The van der Waals surface area contributed by atoms with Crippen LogP contribution in [0.4, 0.5) is 0 Å². The topological polar surface area (TPSA) is 109 Å². The van der Waals surface area contributed by atoms with E-state index in [2.05, 4.69) is 21.9 Å². The first kappa shape index (κ1) is 19.3. The van der Waals surface area contributed by atoms with E-state index in [0.717, 1.165) is 17.8 Å². The number of pyridine rings is 1. The average Bonchev–Trinajstić information content (AvgIpc) is 3.01. The molecule has 1 unspecified atom stereocenters. The van der Waals surface area contributed by atoms with E-state index in [1.165, 1.54) is 0 Å². The third-order valence-electron chi connectivity index (χ3n) is 3.45. The minimum atomic E-state index is -0.812. The van der Waals surface area contributed by atoms with E-state index in [1.807, 2.05) is 31.4 Å². The van der Waals surface area contributed by atoms with Crippen molar-refractivity contribution in [2.24, 2.45) is 0 Å². The summed E-state index contributed by atoms with van der Waals surface area (Å²) >= 11 is 0. The Bertz CT molecular complexity index is 630. The van der Waals surface area contributed by atoms with Crippen LogP contribution in [0.5, 0.6) is 0 Å². The van der Waals surface area contributed by atoms with Gasteiger partial charge in [0.1, 0.15) is 0 Å². The Morgan fingerprint density at radius 1 is 1.46 bits per heavy atom. The zero-order valence-corrected chi connectivity index (χ0v) is 13.7. The van der Waals surface area contributed by atoms with Crippen LogP contribution in [0.1, 0.15) is 30.6 Å². The van der Waals surface area contributed by atoms with E-state index in [1.54, 1.807) is 17.1 Å². The third kappa shape index (κ3) is 6.57. The highest BCUT2D eigenvalue weighted by Gasteiger charge is 2.13. The van der Waals surface area contributed by atoms with Gasteiger partial charge in [-0.05, 0) is 26.1 Å². The number of nitrogens with zero attached hydrogens (tertiary/aromatic N) is 4. The van der Waals surface area contributed by atoms with Crippen molar-refractivity contribution in [2.75, 3.05) is 7.05 Å². The van der Waals surface area contributed by atoms with Gasteiger partial charge in [0.25, 0.3) is 6.47 Å². The number of carboxylic acids is 1. The first-order valence-corrected chi connectivity index (χ1v) is 7.40. The van der Waals surface area contributed by atoms with Crippen LogP contribution in [0.25, 0.3) is 0 Å². The summed E-state index contributed by atoms with van der Waals surface area (Å²) in [4.78, 5) is 25.5. The molecule has 2 rings (SSSR count). The molecule has 130 valence electrons. The predicted octanol–water partition coefficient (Wildman–Crippen LogP) is 1.65. The maximum absolute atomic E-state index is 10.5. The summed E-state index contributed by atoms with van der Waals surface area (Å²) in [5.74, 6) is -0.812. The molecule has 0 spiro atoms. The normalized spacial score (nSPS) is 11.5. The summed E-state index contributed by atoms with van der Waals surface area (Å²) in [6.45, 7) is 3.00. The molecule has 0 aromatic carbocycles. The van der Waals surface area contributed by atoms with E-state index in [4.69, 9.17) is 15.0 Å². The molecular weight excluding hydrogens is 312 g/mol. The Hall–Kier alpha value is -2.74. The van der Waals surface area contributed by atoms with Gasteiger partial charge < -0.3 is 10.2 Å². The van der Waals surface area contributed by atoms with E-state index in [-0.39, 0.29) is 18.9 Å². The molecule has 2 aromatic rings. The van der Waals surface area contributed by atoms with Gasteiger partial charge in [-0.2, -0.15) is 5.10 Å². The first-order chi connectivity index (χ1) is 11.5. The summed E-state index contributed by atoms with van der Waals surface area (Å²) < 4.78 is 1.67. The van der Waals surface area contributed by atoms with Gasteiger partial charge in [-0.15, -0.1) is 0 Å². The molecule has 0 radical (unpaired) electrons. The minimum Gasteiger partial charge on any atom is -0.483 e. The quantitative estimate of drug-likeness (QED) is 0.741. The largest absolute Gasteiger partial charge is 0.483 e. The molecule has 0 aliphatic rings. The number of rotatable bonds is 7. The number of hydrogen-bond donors (Lipinski definition) is 2.